The number of rotatable bonds is 8. The summed E-state index contributed by atoms with van der Waals surface area (Å²) in [5.41, 5.74) is 2.86. The van der Waals surface area contributed by atoms with Gasteiger partial charge in [-0.1, -0.05) is 6.07 Å². The highest BCUT2D eigenvalue weighted by Gasteiger charge is 2.26. The van der Waals surface area contributed by atoms with E-state index in [2.05, 4.69) is 15.3 Å². The second kappa shape index (κ2) is 10.5. The summed E-state index contributed by atoms with van der Waals surface area (Å²) in [6.07, 6.45) is 1.28. The largest absolute Gasteiger partial charge is 0.493 e. The highest BCUT2D eigenvalue weighted by atomic mass is 32.2. The molecule has 32 heavy (non-hydrogen) atoms. The highest BCUT2D eigenvalue weighted by molar-refractivity contribution is 7.89. The third-order valence-corrected chi connectivity index (χ3v) is 6.38. The van der Waals surface area contributed by atoms with Gasteiger partial charge in [-0.15, -0.1) is 0 Å². The van der Waals surface area contributed by atoms with Crippen LogP contribution in [0.4, 0.5) is 8.78 Å². The van der Waals surface area contributed by atoms with Crippen LogP contribution in [0.3, 0.4) is 0 Å². The molecule has 1 aliphatic rings. The fourth-order valence-corrected chi connectivity index (χ4v) is 4.38. The summed E-state index contributed by atoms with van der Waals surface area (Å²) in [6, 6.07) is 9.76. The Balaban J connectivity index is 1.69. The Morgan fingerprint density at radius 3 is 2.62 bits per heavy atom. The van der Waals surface area contributed by atoms with Gasteiger partial charge >= 0.3 is 6.61 Å². The number of methoxy groups -OCH3 is 1. The van der Waals surface area contributed by atoms with Crippen molar-refractivity contribution in [1.82, 2.24) is 9.73 Å². The number of carbonyl (C=O) groups is 1. The first-order chi connectivity index (χ1) is 15.3. The van der Waals surface area contributed by atoms with Gasteiger partial charge in [0.2, 0.25) is 10.0 Å². The van der Waals surface area contributed by atoms with Gasteiger partial charge in [0.25, 0.3) is 5.91 Å². The molecule has 1 heterocycles. The number of alkyl halides is 2. The lowest BCUT2D eigenvalue weighted by atomic mass is 10.2. The molecule has 0 radical (unpaired) electrons. The minimum atomic E-state index is -3.75. The van der Waals surface area contributed by atoms with Gasteiger partial charge in [0.15, 0.2) is 11.5 Å². The van der Waals surface area contributed by atoms with E-state index in [-0.39, 0.29) is 35.0 Å². The Morgan fingerprint density at radius 1 is 1.19 bits per heavy atom. The smallest absolute Gasteiger partial charge is 0.387 e. The molecule has 3 rings (SSSR count). The number of amides is 1. The second-order valence-corrected chi connectivity index (χ2v) is 8.47. The molecule has 2 aromatic rings. The summed E-state index contributed by atoms with van der Waals surface area (Å²) in [5.74, 6) is -0.687. The van der Waals surface area contributed by atoms with Crippen molar-refractivity contribution in [3.05, 3.63) is 53.6 Å². The number of benzene rings is 2. The molecule has 0 spiro atoms. The van der Waals surface area contributed by atoms with E-state index >= 15 is 0 Å². The van der Waals surface area contributed by atoms with Gasteiger partial charge in [-0.2, -0.15) is 18.2 Å². The van der Waals surface area contributed by atoms with E-state index in [1.54, 1.807) is 0 Å². The third-order valence-electron chi connectivity index (χ3n) is 4.49. The minimum Gasteiger partial charge on any atom is -0.493 e. The number of hydrazone groups is 1. The first-order valence-electron chi connectivity index (χ1n) is 9.45. The zero-order chi connectivity index (χ0) is 23.1. The van der Waals surface area contributed by atoms with Crippen LogP contribution in [0.15, 0.2) is 52.5 Å². The lowest BCUT2D eigenvalue weighted by molar-refractivity contribution is -0.0512. The van der Waals surface area contributed by atoms with Crippen LogP contribution in [-0.4, -0.2) is 64.9 Å². The summed E-state index contributed by atoms with van der Waals surface area (Å²) >= 11 is 0. The van der Waals surface area contributed by atoms with Crippen LogP contribution < -0.4 is 14.9 Å². The Bertz CT molecular complexity index is 1090. The highest BCUT2D eigenvalue weighted by Crippen LogP contribution is 2.29. The molecule has 1 N–H and O–H groups in total. The number of carbonyl (C=O) groups excluding carboxylic acids is 1. The molecule has 12 heteroatoms. The summed E-state index contributed by atoms with van der Waals surface area (Å²) in [5, 5.41) is 3.82. The summed E-state index contributed by atoms with van der Waals surface area (Å²) in [6.45, 7) is -1.88. The monoisotopic (exact) mass is 469 g/mol. The molecular formula is C20H21F2N3O6S. The molecular weight excluding hydrogens is 448 g/mol. The number of hydrogen-bond donors (Lipinski definition) is 1. The van der Waals surface area contributed by atoms with Gasteiger partial charge < -0.3 is 14.2 Å². The lowest BCUT2D eigenvalue weighted by Crippen LogP contribution is -2.40. The van der Waals surface area contributed by atoms with Crippen LogP contribution in [-0.2, 0) is 14.8 Å². The van der Waals surface area contributed by atoms with Crippen LogP contribution in [0, 0.1) is 0 Å². The molecule has 1 fully saturated rings. The molecule has 1 saturated heterocycles. The van der Waals surface area contributed by atoms with Crippen LogP contribution in [0.2, 0.25) is 0 Å². The van der Waals surface area contributed by atoms with E-state index in [9.17, 15) is 22.0 Å². The minimum absolute atomic E-state index is 0.00427. The number of nitrogens with zero attached hydrogens (tertiary/aromatic N) is 2. The summed E-state index contributed by atoms with van der Waals surface area (Å²) < 4.78 is 66.1. The molecule has 0 aromatic heterocycles. The van der Waals surface area contributed by atoms with Gasteiger partial charge in [0, 0.05) is 18.7 Å². The standard InChI is InChI=1S/C20H21F2N3O6S/c1-29-18-11-14(5-6-17(18)31-20(21)22)13-23-24-19(26)15-3-2-4-16(12-15)32(27,28)25-7-9-30-10-8-25/h2-6,11-13,20H,7-10H2,1H3,(H,24,26). The molecule has 9 nitrogen and oxygen atoms in total. The molecule has 1 amide bonds. The van der Waals surface area contributed by atoms with Crippen molar-refractivity contribution in [3.8, 4) is 11.5 Å². The van der Waals surface area contributed by atoms with Crippen molar-refractivity contribution in [3.63, 3.8) is 0 Å². The quantitative estimate of drug-likeness (QED) is 0.469. The molecule has 0 unspecified atom stereocenters. The Labute approximate surface area is 183 Å². The van der Waals surface area contributed by atoms with E-state index in [1.807, 2.05) is 0 Å². The van der Waals surface area contributed by atoms with Crippen molar-refractivity contribution in [1.29, 1.82) is 0 Å². The fraction of sp³-hybridized carbons (Fsp3) is 0.300. The topological polar surface area (TPSA) is 107 Å². The second-order valence-electron chi connectivity index (χ2n) is 6.53. The maximum atomic E-state index is 12.8. The number of sulfonamides is 1. The van der Waals surface area contributed by atoms with Crippen molar-refractivity contribution >= 4 is 22.1 Å². The Morgan fingerprint density at radius 2 is 1.94 bits per heavy atom. The van der Waals surface area contributed by atoms with Gasteiger partial charge in [-0.3, -0.25) is 4.79 Å². The third kappa shape index (κ3) is 5.78. The van der Waals surface area contributed by atoms with Gasteiger partial charge in [-0.25, -0.2) is 13.8 Å². The lowest BCUT2D eigenvalue weighted by Gasteiger charge is -2.26. The number of morpholine rings is 1. The average molecular weight is 469 g/mol. The fourth-order valence-electron chi connectivity index (χ4n) is 2.92. The molecule has 0 aliphatic carbocycles. The van der Waals surface area contributed by atoms with Gasteiger partial charge in [-0.05, 0) is 42.0 Å². The molecule has 0 atom stereocenters. The summed E-state index contributed by atoms with van der Waals surface area (Å²) in [4.78, 5) is 12.4. The van der Waals surface area contributed by atoms with E-state index < -0.39 is 22.5 Å². The van der Waals surface area contributed by atoms with Crippen LogP contribution in [0.25, 0.3) is 0 Å². The van der Waals surface area contributed by atoms with Crippen molar-refractivity contribution < 1.29 is 36.2 Å². The molecule has 2 aromatic carbocycles. The van der Waals surface area contributed by atoms with Gasteiger partial charge in [0.05, 0.1) is 31.4 Å². The van der Waals surface area contributed by atoms with Crippen molar-refractivity contribution in [2.24, 2.45) is 5.10 Å². The molecule has 0 saturated carbocycles. The number of halogens is 2. The van der Waals surface area contributed by atoms with E-state index in [0.29, 0.717) is 18.8 Å². The van der Waals surface area contributed by atoms with Crippen LogP contribution in [0.1, 0.15) is 15.9 Å². The first-order valence-corrected chi connectivity index (χ1v) is 10.9. The van der Waals surface area contributed by atoms with E-state index in [1.165, 1.54) is 60.1 Å². The van der Waals surface area contributed by atoms with Crippen LogP contribution >= 0.6 is 0 Å². The molecule has 172 valence electrons. The Kier molecular flexibility index (Phi) is 7.72. The predicted octanol–water partition coefficient (Wildman–Crippen LogP) is 2.08. The van der Waals surface area contributed by atoms with E-state index in [0.717, 1.165) is 0 Å². The van der Waals surface area contributed by atoms with Gasteiger partial charge in [0.1, 0.15) is 0 Å². The normalized spacial score (nSPS) is 15.1. The van der Waals surface area contributed by atoms with Crippen LogP contribution in [0.5, 0.6) is 11.5 Å². The molecule has 1 aliphatic heterocycles. The average Bonchev–Trinajstić information content (AvgIpc) is 2.80. The maximum Gasteiger partial charge on any atom is 0.387 e. The summed E-state index contributed by atoms with van der Waals surface area (Å²) in [7, 11) is -2.45. The SMILES string of the molecule is COc1cc(C=NNC(=O)c2cccc(S(=O)(=O)N3CCOCC3)c2)ccc1OC(F)F. The molecule has 0 bridgehead atoms. The number of ether oxygens (including phenoxy) is 3. The number of hydrogen-bond acceptors (Lipinski definition) is 7. The predicted molar refractivity (Wildman–Crippen MR) is 111 cm³/mol. The van der Waals surface area contributed by atoms with Crippen molar-refractivity contribution in [2.75, 3.05) is 33.4 Å². The number of nitrogens with one attached hydrogen (secondary N) is 1. The van der Waals surface area contributed by atoms with E-state index in [4.69, 9.17) is 9.47 Å². The maximum absolute atomic E-state index is 12.8. The first kappa shape index (κ1) is 23.6. The zero-order valence-electron chi connectivity index (χ0n) is 17.0. The van der Waals surface area contributed by atoms with Crippen molar-refractivity contribution in [2.45, 2.75) is 11.5 Å². The Hall–Kier alpha value is -3.09. The zero-order valence-corrected chi connectivity index (χ0v) is 17.8.